The first kappa shape index (κ1) is 36.0. The summed E-state index contributed by atoms with van der Waals surface area (Å²) in [5, 5.41) is 13.2. The van der Waals surface area contributed by atoms with Crippen molar-refractivity contribution in [3.63, 3.8) is 0 Å². The van der Waals surface area contributed by atoms with Crippen LogP contribution in [0.3, 0.4) is 0 Å². The second-order valence-electron chi connectivity index (χ2n) is 11.6. The summed E-state index contributed by atoms with van der Waals surface area (Å²) in [6.07, 6.45) is 10.0. The number of nitrogens with one attached hydrogen (secondary N) is 2. The highest BCUT2D eigenvalue weighted by molar-refractivity contribution is 7.92. The van der Waals surface area contributed by atoms with E-state index < -0.39 is 16.0 Å². The van der Waals surface area contributed by atoms with Crippen molar-refractivity contribution in [1.29, 1.82) is 0 Å². The molecule has 0 bridgehead atoms. The van der Waals surface area contributed by atoms with Crippen LogP contribution in [0.25, 0.3) is 11.3 Å². The Morgan fingerprint density at radius 1 is 1.02 bits per heavy atom. The van der Waals surface area contributed by atoms with Gasteiger partial charge in [-0.15, -0.1) is 12.4 Å². The van der Waals surface area contributed by atoms with E-state index in [1.54, 1.807) is 12.3 Å². The molecule has 2 aromatic carbocycles. The van der Waals surface area contributed by atoms with Gasteiger partial charge < -0.3 is 15.2 Å². The Kier molecular flexibility index (Phi) is 12.5. The lowest BCUT2D eigenvalue weighted by Crippen LogP contribution is -2.37. The molecule has 1 aliphatic rings. The summed E-state index contributed by atoms with van der Waals surface area (Å²) in [4.78, 5) is 28.7. The minimum Gasteiger partial charge on any atom is -0.478 e. The Balaban J connectivity index is 0.00000500. The number of rotatable bonds is 13. The highest BCUT2D eigenvalue weighted by Crippen LogP contribution is 2.31. The Hall–Kier alpha value is -3.84. The highest BCUT2D eigenvalue weighted by atomic mass is 35.5. The summed E-state index contributed by atoms with van der Waals surface area (Å²) in [5.74, 6) is -0.677. The first-order chi connectivity index (χ1) is 22.1. The normalized spacial score (nSPS) is 14.2. The molecule has 0 aliphatic heterocycles. The number of carbonyl (C=O) groups is 1. The molecule has 2 aromatic heterocycles. The van der Waals surface area contributed by atoms with Gasteiger partial charge in [-0.2, -0.15) is 4.98 Å². The number of nitrogens with zero attached hydrogens (tertiary/aromatic N) is 4. The van der Waals surface area contributed by atoms with Crippen LogP contribution in [0.4, 0.5) is 5.95 Å². The van der Waals surface area contributed by atoms with E-state index in [0.29, 0.717) is 29.0 Å². The number of anilines is 1. The van der Waals surface area contributed by atoms with Crippen LogP contribution in [-0.4, -0.2) is 52.1 Å². The van der Waals surface area contributed by atoms with Gasteiger partial charge in [-0.25, -0.2) is 27.9 Å². The molecule has 0 spiro atoms. The van der Waals surface area contributed by atoms with Crippen LogP contribution in [0, 0.1) is 19.8 Å². The van der Waals surface area contributed by atoms with Crippen molar-refractivity contribution in [2.75, 3.05) is 11.3 Å². The quantitative estimate of drug-likeness (QED) is 0.138. The molecule has 0 radical (unpaired) electrons. The summed E-state index contributed by atoms with van der Waals surface area (Å²) in [7, 11) is -4.23. The zero-order chi connectivity index (χ0) is 32.7. The highest BCUT2D eigenvalue weighted by Gasteiger charge is 2.23. The van der Waals surface area contributed by atoms with Crippen molar-refractivity contribution in [2.24, 2.45) is 5.92 Å². The lowest BCUT2D eigenvalue weighted by Gasteiger charge is -2.27. The molecule has 0 saturated heterocycles. The Labute approximate surface area is 286 Å². The second kappa shape index (κ2) is 16.3. The number of benzene rings is 2. The van der Waals surface area contributed by atoms with Gasteiger partial charge in [0.05, 0.1) is 28.0 Å². The maximum absolute atomic E-state index is 13.3. The second-order valence-corrected chi connectivity index (χ2v) is 13.7. The average molecular weight is 702 g/mol. The summed E-state index contributed by atoms with van der Waals surface area (Å²) in [5.41, 5.74) is 3.78. The van der Waals surface area contributed by atoms with Gasteiger partial charge in [0.25, 0.3) is 10.0 Å². The van der Waals surface area contributed by atoms with Gasteiger partial charge in [-0.05, 0) is 55.5 Å². The Bertz CT molecular complexity index is 1780. The number of halogens is 2. The molecule has 14 heteroatoms. The molecule has 4 aromatic rings. The summed E-state index contributed by atoms with van der Waals surface area (Å²) < 4.78 is 35.4. The number of aryl methyl sites for hydroxylation is 2. The smallest absolute Gasteiger partial charge is 0.335 e. The number of hydrogen-bond acceptors (Lipinski definition) is 9. The third kappa shape index (κ3) is 9.83. The monoisotopic (exact) mass is 700 g/mol. The predicted octanol–water partition coefficient (Wildman–Crippen LogP) is 6.63. The third-order valence-electron chi connectivity index (χ3n) is 8.06. The summed E-state index contributed by atoms with van der Waals surface area (Å²) in [6.45, 7) is 4.62. The molecule has 0 amide bonds. The summed E-state index contributed by atoms with van der Waals surface area (Å²) >= 11 is 6.05. The molecule has 2 heterocycles. The fourth-order valence-electron chi connectivity index (χ4n) is 5.80. The molecule has 47 heavy (non-hydrogen) atoms. The molecule has 1 saturated carbocycles. The van der Waals surface area contributed by atoms with Gasteiger partial charge in [0.2, 0.25) is 11.8 Å². The SMILES string of the molecule is Cc1cccc(C)c1-c1cc(OC[C@@H](CC2CCCCC2)NCc2cncc(Cl)n2)nc(NS(=O)(=O)c2cccc(C(=O)O)c2)n1.Cl. The fourth-order valence-corrected chi connectivity index (χ4v) is 6.96. The average Bonchev–Trinajstić information content (AvgIpc) is 3.02. The number of hydrogen-bond donors (Lipinski definition) is 3. The molecular formula is C33H38Cl2N6O5S. The van der Waals surface area contributed by atoms with Gasteiger partial charge >= 0.3 is 5.97 Å². The van der Waals surface area contributed by atoms with Crippen LogP contribution >= 0.6 is 24.0 Å². The molecule has 1 aliphatic carbocycles. The number of ether oxygens (including phenoxy) is 1. The standard InChI is InChI=1S/C33H37ClN6O5S.ClH/c1-21-8-6-9-22(2)31(21)28-16-30(39-33(38-28)40-46(43,44)27-13-7-12-24(15-27)32(41)42)45-20-25(14-23-10-4-3-5-11-23)36-18-26-17-35-19-29(34)37-26;/h6-9,12-13,15-17,19,23,25,36H,3-5,10-11,14,18,20H2,1-2H3,(H,41,42)(H,38,39,40);1H/t25-;/m1./s1. The third-order valence-corrected chi connectivity index (χ3v) is 9.57. The van der Waals surface area contributed by atoms with Gasteiger partial charge in [0.15, 0.2) is 0 Å². The van der Waals surface area contributed by atoms with E-state index in [-0.39, 0.29) is 47.3 Å². The van der Waals surface area contributed by atoms with Gasteiger partial charge in [-0.1, -0.05) is 68.0 Å². The maximum Gasteiger partial charge on any atom is 0.335 e. The minimum absolute atomic E-state index is 0. The van der Waals surface area contributed by atoms with E-state index in [9.17, 15) is 18.3 Å². The van der Waals surface area contributed by atoms with Crippen LogP contribution in [0.15, 0.2) is 65.8 Å². The van der Waals surface area contributed by atoms with Crippen molar-refractivity contribution >= 4 is 45.9 Å². The number of aromatic nitrogens is 4. The van der Waals surface area contributed by atoms with Crippen LogP contribution in [0.1, 0.15) is 65.7 Å². The molecular weight excluding hydrogens is 663 g/mol. The largest absolute Gasteiger partial charge is 0.478 e. The topological polar surface area (TPSA) is 156 Å². The van der Waals surface area contributed by atoms with E-state index in [1.165, 1.54) is 43.7 Å². The molecule has 11 nitrogen and oxygen atoms in total. The number of carboxylic acids is 1. The van der Waals surface area contributed by atoms with Crippen molar-refractivity contribution in [3.05, 3.63) is 88.5 Å². The van der Waals surface area contributed by atoms with Crippen LogP contribution in [-0.2, 0) is 16.6 Å². The van der Waals surface area contributed by atoms with Crippen LogP contribution < -0.4 is 14.8 Å². The first-order valence-corrected chi connectivity index (χ1v) is 17.1. The first-order valence-electron chi connectivity index (χ1n) is 15.2. The van der Waals surface area contributed by atoms with E-state index in [2.05, 4.69) is 30.0 Å². The van der Waals surface area contributed by atoms with Crippen molar-refractivity contribution in [2.45, 2.75) is 69.9 Å². The lowest BCUT2D eigenvalue weighted by atomic mass is 9.85. The van der Waals surface area contributed by atoms with Crippen molar-refractivity contribution < 1.29 is 23.1 Å². The number of carboxylic acid groups (broad SMARTS) is 1. The predicted molar refractivity (Wildman–Crippen MR) is 183 cm³/mol. The Morgan fingerprint density at radius 3 is 2.45 bits per heavy atom. The van der Waals surface area contributed by atoms with Crippen LogP contribution in [0.2, 0.25) is 5.15 Å². The minimum atomic E-state index is -4.23. The molecule has 1 atom stereocenters. The van der Waals surface area contributed by atoms with E-state index in [0.717, 1.165) is 42.0 Å². The number of aromatic carboxylic acids is 1. The van der Waals surface area contributed by atoms with E-state index in [1.807, 2.05) is 32.0 Å². The van der Waals surface area contributed by atoms with Crippen molar-refractivity contribution in [3.8, 4) is 17.1 Å². The molecule has 250 valence electrons. The van der Waals surface area contributed by atoms with E-state index in [4.69, 9.17) is 16.3 Å². The summed E-state index contributed by atoms with van der Waals surface area (Å²) in [6, 6.07) is 12.6. The fraction of sp³-hybridized carbons (Fsp3) is 0.364. The zero-order valence-electron chi connectivity index (χ0n) is 26.1. The lowest BCUT2D eigenvalue weighted by molar-refractivity contribution is 0.0696. The number of sulfonamides is 1. The van der Waals surface area contributed by atoms with Crippen molar-refractivity contribution in [1.82, 2.24) is 25.3 Å². The van der Waals surface area contributed by atoms with E-state index >= 15 is 0 Å². The molecule has 5 rings (SSSR count). The molecule has 0 unspecified atom stereocenters. The van der Waals surface area contributed by atoms with Crippen LogP contribution in [0.5, 0.6) is 5.88 Å². The Morgan fingerprint density at radius 2 is 1.74 bits per heavy atom. The molecule has 1 fully saturated rings. The zero-order valence-corrected chi connectivity index (χ0v) is 28.5. The van der Waals surface area contributed by atoms with Gasteiger partial charge in [0.1, 0.15) is 11.8 Å². The molecule has 3 N–H and O–H groups in total. The van der Waals surface area contributed by atoms with Gasteiger partial charge in [-0.3, -0.25) is 4.98 Å². The van der Waals surface area contributed by atoms with Gasteiger partial charge in [0, 0.05) is 30.4 Å². The maximum atomic E-state index is 13.3.